The fourth-order valence-electron chi connectivity index (χ4n) is 3.06. The van der Waals surface area contributed by atoms with E-state index in [1.807, 2.05) is 0 Å². The molecule has 5 nitrogen and oxygen atoms in total. The Morgan fingerprint density at radius 2 is 2.00 bits per heavy atom. The van der Waals surface area contributed by atoms with E-state index in [1.54, 1.807) is 11.3 Å². The van der Waals surface area contributed by atoms with Crippen LogP contribution in [-0.4, -0.2) is 54.6 Å². The Hall–Kier alpha value is -0.410. The van der Waals surface area contributed by atoms with Crippen molar-refractivity contribution in [2.45, 2.75) is 58.9 Å². The molecule has 3 rings (SSSR count). The zero-order valence-electron chi connectivity index (χ0n) is 16.4. The molecule has 0 saturated heterocycles. The summed E-state index contributed by atoms with van der Waals surface area (Å²) in [6, 6.07) is 0.850. The van der Waals surface area contributed by atoms with Gasteiger partial charge < -0.3 is 10.6 Å². The van der Waals surface area contributed by atoms with Crippen LogP contribution in [0.1, 0.15) is 48.2 Å². The smallest absolute Gasteiger partial charge is 0.191 e. The molecule has 0 amide bonds. The van der Waals surface area contributed by atoms with Crippen LogP contribution in [0.25, 0.3) is 0 Å². The molecule has 0 atom stereocenters. The summed E-state index contributed by atoms with van der Waals surface area (Å²) >= 11 is 1.80. The van der Waals surface area contributed by atoms with Crippen molar-refractivity contribution in [3.63, 3.8) is 0 Å². The van der Waals surface area contributed by atoms with Crippen LogP contribution in [0.15, 0.2) is 4.99 Å². The van der Waals surface area contributed by atoms with E-state index < -0.39 is 0 Å². The highest BCUT2D eigenvalue weighted by Gasteiger charge is 2.33. The van der Waals surface area contributed by atoms with Crippen LogP contribution >= 0.6 is 35.3 Å². The minimum Gasteiger partial charge on any atom is -0.357 e. The maximum atomic E-state index is 4.78. The SMILES string of the molecule is CCNC(=NCCN(CC1CC1)C1CC1)NCCc1nc(C)c(C)s1.I. The third-order valence-corrected chi connectivity index (χ3v) is 6.09. The Bertz CT molecular complexity index is 561. The van der Waals surface area contributed by atoms with Gasteiger partial charge in [-0.1, -0.05) is 0 Å². The first-order chi connectivity index (χ1) is 12.2. The molecule has 0 unspecified atom stereocenters. The first-order valence-electron chi connectivity index (χ1n) is 9.84. The Morgan fingerprint density at radius 1 is 1.23 bits per heavy atom. The highest BCUT2D eigenvalue weighted by atomic mass is 127. The monoisotopic (exact) mass is 491 g/mol. The molecule has 7 heteroatoms. The van der Waals surface area contributed by atoms with Crippen molar-refractivity contribution >= 4 is 41.3 Å². The fourth-order valence-corrected chi connectivity index (χ4v) is 3.99. The lowest BCUT2D eigenvalue weighted by Crippen LogP contribution is -2.39. The third-order valence-electron chi connectivity index (χ3n) is 4.96. The average Bonchev–Trinajstić information content (AvgIpc) is 3.47. The number of aliphatic imine (C=N–C) groups is 1. The highest BCUT2D eigenvalue weighted by Crippen LogP contribution is 2.34. The normalized spacial score (nSPS) is 17.3. The number of thiazole rings is 1. The Balaban J connectivity index is 0.00000243. The van der Waals surface area contributed by atoms with Gasteiger partial charge in [-0.15, -0.1) is 35.3 Å². The minimum absolute atomic E-state index is 0. The van der Waals surface area contributed by atoms with Crippen LogP contribution in [0.3, 0.4) is 0 Å². The zero-order chi connectivity index (χ0) is 17.6. The molecule has 0 aliphatic heterocycles. The molecule has 2 aliphatic carbocycles. The van der Waals surface area contributed by atoms with Gasteiger partial charge in [-0.05, 0) is 52.4 Å². The maximum absolute atomic E-state index is 4.78. The molecule has 0 aromatic carbocycles. The highest BCUT2D eigenvalue weighted by molar-refractivity contribution is 14.0. The maximum Gasteiger partial charge on any atom is 0.191 e. The first-order valence-corrected chi connectivity index (χ1v) is 10.7. The number of rotatable bonds is 10. The quantitative estimate of drug-likeness (QED) is 0.300. The van der Waals surface area contributed by atoms with E-state index in [1.165, 1.54) is 42.1 Å². The first kappa shape index (κ1) is 21.9. The van der Waals surface area contributed by atoms with E-state index >= 15 is 0 Å². The summed E-state index contributed by atoms with van der Waals surface area (Å²) < 4.78 is 0. The Morgan fingerprint density at radius 3 is 2.58 bits per heavy atom. The second kappa shape index (κ2) is 10.8. The molecule has 1 aromatic heterocycles. The van der Waals surface area contributed by atoms with E-state index in [9.17, 15) is 0 Å². The number of aromatic nitrogens is 1. The van der Waals surface area contributed by atoms with Gasteiger partial charge in [0.15, 0.2) is 5.96 Å². The van der Waals surface area contributed by atoms with Crippen LogP contribution in [-0.2, 0) is 6.42 Å². The van der Waals surface area contributed by atoms with Crippen molar-refractivity contribution in [2.24, 2.45) is 10.9 Å². The number of halogens is 1. The molecule has 0 radical (unpaired) electrons. The second-order valence-corrected chi connectivity index (χ2v) is 8.64. The number of aryl methyl sites for hydroxylation is 2. The van der Waals surface area contributed by atoms with Gasteiger partial charge in [0, 0.05) is 43.5 Å². The third kappa shape index (κ3) is 7.31. The average molecular weight is 491 g/mol. The number of guanidine groups is 1. The van der Waals surface area contributed by atoms with Gasteiger partial charge in [0.25, 0.3) is 0 Å². The Labute approximate surface area is 179 Å². The van der Waals surface area contributed by atoms with Crippen molar-refractivity contribution in [3.05, 3.63) is 15.6 Å². The lowest BCUT2D eigenvalue weighted by atomic mass is 10.3. The largest absolute Gasteiger partial charge is 0.357 e. The lowest BCUT2D eigenvalue weighted by molar-refractivity contribution is 0.260. The van der Waals surface area contributed by atoms with Gasteiger partial charge in [-0.3, -0.25) is 9.89 Å². The van der Waals surface area contributed by atoms with E-state index in [0.717, 1.165) is 56.2 Å². The molecule has 26 heavy (non-hydrogen) atoms. The molecular formula is C19H34IN5S. The molecule has 2 aliphatic rings. The van der Waals surface area contributed by atoms with Crippen molar-refractivity contribution in [1.82, 2.24) is 20.5 Å². The van der Waals surface area contributed by atoms with E-state index in [0.29, 0.717) is 0 Å². The van der Waals surface area contributed by atoms with E-state index in [4.69, 9.17) is 4.99 Å². The molecule has 2 N–H and O–H groups in total. The predicted molar refractivity (Wildman–Crippen MR) is 122 cm³/mol. The van der Waals surface area contributed by atoms with Gasteiger partial charge in [0.2, 0.25) is 0 Å². The van der Waals surface area contributed by atoms with Crippen molar-refractivity contribution in [1.29, 1.82) is 0 Å². The molecule has 2 fully saturated rings. The number of hydrogen-bond acceptors (Lipinski definition) is 4. The topological polar surface area (TPSA) is 52.6 Å². The lowest BCUT2D eigenvalue weighted by Gasteiger charge is -2.21. The predicted octanol–water partition coefficient (Wildman–Crippen LogP) is 3.35. The van der Waals surface area contributed by atoms with Gasteiger partial charge in [0.05, 0.1) is 17.2 Å². The van der Waals surface area contributed by atoms with Crippen molar-refractivity contribution in [3.8, 4) is 0 Å². The zero-order valence-corrected chi connectivity index (χ0v) is 19.5. The summed E-state index contributed by atoms with van der Waals surface area (Å²) in [6.45, 7) is 11.4. The molecule has 0 bridgehead atoms. The second-order valence-electron chi connectivity index (χ2n) is 7.36. The van der Waals surface area contributed by atoms with Gasteiger partial charge in [-0.2, -0.15) is 0 Å². The van der Waals surface area contributed by atoms with Crippen molar-refractivity contribution < 1.29 is 0 Å². The molecule has 148 valence electrons. The van der Waals surface area contributed by atoms with Gasteiger partial charge >= 0.3 is 0 Å². The van der Waals surface area contributed by atoms with Gasteiger partial charge in [-0.25, -0.2) is 4.98 Å². The summed E-state index contributed by atoms with van der Waals surface area (Å²) in [4.78, 5) is 13.4. The molecular weight excluding hydrogens is 457 g/mol. The standard InChI is InChI=1S/C19H33N5S.HI/c1-4-20-19(21-10-9-18-23-14(2)15(3)25-18)22-11-12-24(17-7-8-17)13-16-5-6-16;/h16-17H,4-13H2,1-3H3,(H2,20,21,22);1H. The number of nitrogens with zero attached hydrogens (tertiary/aromatic N) is 3. The van der Waals surface area contributed by atoms with Crippen LogP contribution in [0.4, 0.5) is 0 Å². The van der Waals surface area contributed by atoms with Crippen LogP contribution in [0.5, 0.6) is 0 Å². The van der Waals surface area contributed by atoms with Crippen LogP contribution in [0, 0.1) is 19.8 Å². The molecule has 1 heterocycles. The van der Waals surface area contributed by atoms with E-state index in [2.05, 4.69) is 41.3 Å². The molecule has 1 aromatic rings. The van der Waals surface area contributed by atoms with E-state index in [-0.39, 0.29) is 24.0 Å². The van der Waals surface area contributed by atoms with Crippen LogP contribution in [0.2, 0.25) is 0 Å². The number of nitrogens with one attached hydrogen (secondary N) is 2. The molecule has 0 spiro atoms. The summed E-state index contributed by atoms with van der Waals surface area (Å²) in [5.74, 6) is 1.91. The number of hydrogen-bond donors (Lipinski definition) is 2. The fraction of sp³-hybridized carbons (Fsp3) is 0.789. The van der Waals surface area contributed by atoms with Crippen molar-refractivity contribution in [2.75, 3.05) is 32.7 Å². The van der Waals surface area contributed by atoms with Gasteiger partial charge in [0.1, 0.15) is 0 Å². The Kier molecular flexibility index (Phi) is 9.09. The summed E-state index contributed by atoms with van der Waals surface area (Å²) in [5, 5.41) is 8.03. The minimum atomic E-state index is 0. The summed E-state index contributed by atoms with van der Waals surface area (Å²) in [7, 11) is 0. The summed E-state index contributed by atoms with van der Waals surface area (Å²) in [5.41, 5.74) is 1.16. The summed E-state index contributed by atoms with van der Waals surface area (Å²) in [6.07, 6.45) is 6.61. The van der Waals surface area contributed by atoms with Crippen LogP contribution < -0.4 is 10.6 Å². The molecule has 2 saturated carbocycles.